The first kappa shape index (κ1) is 20.9. The third-order valence-electron chi connectivity index (χ3n) is 6.48. The number of imide groups is 1. The second kappa shape index (κ2) is 8.79. The fourth-order valence-electron chi connectivity index (χ4n) is 4.75. The zero-order chi connectivity index (χ0) is 21.8. The Bertz CT molecular complexity index is 952. The van der Waals surface area contributed by atoms with Gasteiger partial charge >= 0.3 is 6.03 Å². The van der Waals surface area contributed by atoms with Crippen molar-refractivity contribution in [3.05, 3.63) is 65.7 Å². The molecule has 0 spiro atoms. The molecule has 31 heavy (non-hydrogen) atoms. The van der Waals surface area contributed by atoms with Crippen LogP contribution in [0.25, 0.3) is 0 Å². The number of rotatable bonds is 6. The Morgan fingerprint density at radius 2 is 1.77 bits per heavy atom. The van der Waals surface area contributed by atoms with Crippen LogP contribution in [0.1, 0.15) is 41.6 Å². The standard InChI is InChI=1S/C24H27N3O4/c1-31-20-10-6-5-9-19(20)22(29)26-16-24(17-7-3-2-4-8-17)13-11-18(12-14-24)27-21(28)15-25-23(27)30/h2-10,18H,11-16H2,1H3,(H,25,30)(H,26,29)/t18-,24+. The lowest BCUT2D eigenvalue weighted by Crippen LogP contribution is -2.49. The third kappa shape index (κ3) is 4.13. The normalized spacial score (nSPS) is 23.4. The van der Waals surface area contributed by atoms with E-state index in [0.717, 1.165) is 18.4 Å². The Morgan fingerprint density at radius 3 is 2.42 bits per heavy atom. The molecule has 1 saturated heterocycles. The highest BCUT2D eigenvalue weighted by Gasteiger charge is 2.42. The van der Waals surface area contributed by atoms with Crippen LogP contribution in [0.5, 0.6) is 5.75 Å². The largest absolute Gasteiger partial charge is 0.496 e. The van der Waals surface area contributed by atoms with Gasteiger partial charge in [-0.1, -0.05) is 42.5 Å². The van der Waals surface area contributed by atoms with Crippen LogP contribution >= 0.6 is 0 Å². The van der Waals surface area contributed by atoms with Gasteiger partial charge in [-0.15, -0.1) is 0 Å². The number of carbonyl (C=O) groups is 3. The first-order chi connectivity index (χ1) is 15.0. The molecule has 1 aliphatic carbocycles. The summed E-state index contributed by atoms with van der Waals surface area (Å²) in [5.41, 5.74) is 1.40. The number of benzene rings is 2. The Labute approximate surface area is 181 Å². The van der Waals surface area contributed by atoms with Gasteiger partial charge < -0.3 is 15.4 Å². The molecule has 4 rings (SSSR count). The topological polar surface area (TPSA) is 87.7 Å². The lowest BCUT2D eigenvalue weighted by atomic mass is 9.68. The van der Waals surface area contributed by atoms with Gasteiger partial charge in [0.15, 0.2) is 0 Å². The predicted molar refractivity (Wildman–Crippen MR) is 116 cm³/mol. The Balaban J connectivity index is 1.51. The van der Waals surface area contributed by atoms with E-state index in [0.29, 0.717) is 30.7 Å². The monoisotopic (exact) mass is 421 g/mol. The number of hydrogen-bond donors (Lipinski definition) is 2. The van der Waals surface area contributed by atoms with E-state index in [1.165, 1.54) is 4.90 Å². The van der Waals surface area contributed by atoms with E-state index in [2.05, 4.69) is 22.8 Å². The first-order valence-electron chi connectivity index (χ1n) is 10.6. The van der Waals surface area contributed by atoms with Crippen molar-refractivity contribution in [2.75, 3.05) is 20.2 Å². The van der Waals surface area contributed by atoms with E-state index in [1.807, 2.05) is 30.3 Å². The third-order valence-corrected chi connectivity index (χ3v) is 6.48. The quantitative estimate of drug-likeness (QED) is 0.702. The smallest absolute Gasteiger partial charge is 0.324 e. The number of ether oxygens (including phenoxy) is 1. The number of urea groups is 1. The molecule has 2 fully saturated rings. The highest BCUT2D eigenvalue weighted by molar-refractivity contribution is 6.02. The highest BCUT2D eigenvalue weighted by Crippen LogP contribution is 2.41. The van der Waals surface area contributed by atoms with Crippen LogP contribution in [-0.2, 0) is 10.2 Å². The molecule has 2 N–H and O–H groups in total. The van der Waals surface area contributed by atoms with E-state index in [1.54, 1.807) is 19.2 Å². The molecule has 0 bridgehead atoms. The summed E-state index contributed by atoms with van der Waals surface area (Å²) in [6, 6.07) is 16.9. The van der Waals surface area contributed by atoms with E-state index in [-0.39, 0.29) is 35.8 Å². The van der Waals surface area contributed by atoms with Gasteiger partial charge in [0.2, 0.25) is 5.91 Å². The van der Waals surface area contributed by atoms with Gasteiger partial charge in [0.05, 0.1) is 19.2 Å². The summed E-state index contributed by atoms with van der Waals surface area (Å²) in [6.45, 7) is 0.550. The number of carbonyl (C=O) groups excluding carboxylic acids is 3. The Morgan fingerprint density at radius 1 is 1.10 bits per heavy atom. The molecule has 7 heteroatoms. The van der Waals surface area contributed by atoms with Crippen LogP contribution in [-0.4, -0.2) is 49.0 Å². The predicted octanol–water partition coefficient (Wildman–Crippen LogP) is 2.86. The minimum absolute atomic E-state index is 0.0775. The van der Waals surface area contributed by atoms with Crippen molar-refractivity contribution in [2.45, 2.75) is 37.1 Å². The number of para-hydroxylation sites is 1. The Hall–Kier alpha value is -3.35. The SMILES string of the molecule is COc1ccccc1C(=O)NC[C@]1(c2ccccc2)CC[C@@H](N2C(=O)CNC2=O)CC1. The van der Waals surface area contributed by atoms with Crippen molar-refractivity contribution in [1.29, 1.82) is 0 Å². The molecule has 1 saturated carbocycles. The van der Waals surface area contributed by atoms with Crippen molar-refractivity contribution < 1.29 is 19.1 Å². The molecular formula is C24H27N3O4. The maximum atomic E-state index is 12.9. The number of amides is 4. The fourth-order valence-corrected chi connectivity index (χ4v) is 4.75. The van der Waals surface area contributed by atoms with Gasteiger partial charge in [-0.3, -0.25) is 14.5 Å². The van der Waals surface area contributed by atoms with Gasteiger partial charge in [0.1, 0.15) is 5.75 Å². The van der Waals surface area contributed by atoms with Gasteiger partial charge in [-0.05, 0) is 43.4 Å². The summed E-state index contributed by atoms with van der Waals surface area (Å²) in [6.07, 6.45) is 2.95. The molecule has 0 atom stereocenters. The molecule has 0 unspecified atom stereocenters. The lowest BCUT2D eigenvalue weighted by molar-refractivity contribution is -0.127. The van der Waals surface area contributed by atoms with E-state index >= 15 is 0 Å². The van der Waals surface area contributed by atoms with Crippen molar-refractivity contribution in [3.8, 4) is 5.75 Å². The van der Waals surface area contributed by atoms with Crippen LogP contribution in [0.3, 0.4) is 0 Å². The summed E-state index contributed by atoms with van der Waals surface area (Å²) in [7, 11) is 1.55. The number of nitrogens with zero attached hydrogens (tertiary/aromatic N) is 1. The molecule has 0 aromatic heterocycles. The first-order valence-corrected chi connectivity index (χ1v) is 10.6. The molecule has 7 nitrogen and oxygen atoms in total. The molecule has 0 radical (unpaired) electrons. The lowest BCUT2D eigenvalue weighted by Gasteiger charge is -2.42. The van der Waals surface area contributed by atoms with Gasteiger partial charge in [-0.2, -0.15) is 0 Å². The molecule has 162 valence electrons. The number of methoxy groups -OCH3 is 1. The minimum Gasteiger partial charge on any atom is -0.496 e. The van der Waals surface area contributed by atoms with Crippen LogP contribution in [0.2, 0.25) is 0 Å². The van der Waals surface area contributed by atoms with Gasteiger partial charge in [0.25, 0.3) is 5.91 Å². The van der Waals surface area contributed by atoms with Crippen LogP contribution in [0.4, 0.5) is 4.79 Å². The molecular weight excluding hydrogens is 394 g/mol. The average Bonchev–Trinajstić information content (AvgIpc) is 3.16. The summed E-state index contributed by atoms with van der Waals surface area (Å²) < 4.78 is 5.32. The summed E-state index contributed by atoms with van der Waals surface area (Å²) >= 11 is 0. The molecule has 1 aliphatic heterocycles. The van der Waals surface area contributed by atoms with Crippen molar-refractivity contribution >= 4 is 17.8 Å². The Kier molecular flexibility index (Phi) is 5.93. The van der Waals surface area contributed by atoms with E-state index < -0.39 is 0 Å². The van der Waals surface area contributed by atoms with E-state index in [4.69, 9.17) is 4.74 Å². The maximum Gasteiger partial charge on any atom is 0.324 e. The molecule has 2 aromatic carbocycles. The van der Waals surface area contributed by atoms with Crippen molar-refractivity contribution in [1.82, 2.24) is 15.5 Å². The maximum absolute atomic E-state index is 12.9. The van der Waals surface area contributed by atoms with Crippen molar-refractivity contribution in [2.24, 2.45) is 0 Å². The minimum atomic E-state index is -0.299. The average molecular weight is 421 g/mol. The van der Waals surface area contributed by atoms with Crippen LogP contribution < -0.4 is 15.4 Å². The molecule has 4 amide bonds. The zero-order valence-corrected chi connectivity index (χ0v) is 17.6. The summed E-state index contributed by atoms with van der Waals surface area (Å²) in [4.78, 5) is 38.5. The zero-order valence-electron chi connectivity index (χ0n) is 17.6. The second-order valence-corrected chi connectivity index (χ2v) is 8.18. The summed E-state index contributed by atoms with van der Waals surface area (Å²) in [5.74, 6) is 0.201. The number of nitrogens with one attached hydrogen (secondary N) is 2. The van der Waals surface area contributed by atoms with Gasteiger partial charge in [-0.25, -0.2) is 4.79 Å². The number of hydrogen-bond acceptors (Lipinski definition) is 4. The molecule has 1 heterocycles. The highest BCUT2D eigenvalue weighted by atomic mass is 16.5. The van der Waals surface area contributed by atoms with Crippen LogP contribution in [0.15, 0.2) is 54.6 Å². The van der Waals surface area contributed by atoms with Crippen LogP contribution in [0, 0.1) is 0 Å². The van der Waals surface area contributed by atoms with E-state index in [9.17, 15) is 14.4 Å². The molecule has 2 aliphatic rings. The van der Waals surface area contributed by atoms with Crippen molar-refractivity contribution in [3.63, 3.8) is 0 Å². The second-order valence-electron chi connectivity index (χ2n) is 8.18. The fraction of sp³-hybridized carbons (Fsp3) is 0.375. The van der Waals surface area contributed by atoms with Gasteiger partial charge in [0, 0.05) is 18.0 Å². The molecule has 2 aromatic rings. The summed E-state index contributed by atoms with van der Waals surface area (Å²) in [5, 5.41) is 5.71.